The van der Waals surface area contributed by atoms with Crippen LogP contribution < -0.4 is 0 Å². The Kier molecular flexibility index (Phi) is 9.04. The molecule has 2 atom stereocenters. The highest BCUT2D eigenvalue weighted by Gasteiger charge is 2.49. The van der Waals surface area contributed by atoms with Gasteiger partial charge in [0.25, 0.3) is 0 Å². The second-order valence-corrected chi connectivity index (χ2v) is 10.1. The molecule has 1 aliphatic carbocycles. The van der Waals surface area contributed by atoms with Gasteiger partial charge < -0.3 is 4.84 Å². The molecule has 35 heavy (non-hydrogen) atoms. The molecule has 0 saturated heterocycles. The number of unbranched alkanes of at least 4 members (excludes halogenated alkanes) is 3. The normalized spacial score (nSPS) is 18.5. The van der Waals surface area contributed by atoms with Crippen LogP contribution in [0, 0.1) is 11.8 Å². The molecule has 0 N–H and O–H groups in total. The average molecular weight is 476 g/mol. The first-order valence-electron chi connectivity index (χ1n) is 13.4. The third-order valence-electron chi connectivity index (χ3n) is 7.98. The fourth-order valence-corrected chi connectivity index (χ4v) is 5.88. The first-order chi connectivity index (χ1) is 16.8. The number of hydrogen-bond donors (Lipinski definition) is 0. The van der Waals surface area contributed by atoms with Crippen molar-refractivity contribution in [3.63, 3.8) is 0 Å². The number of fused-ring (bicyclic) bond motifs is 3. The fraction of sp³-hybridized carbons (Fsp3) is 0.516. The van der Waals surface area contributed by atoms with Crippen LogP contribution in [-0.4, -0.2) is 17.5 Å². The van der Waals surface area contributed by atoms with Crippen molar-refractivity contribution in [3.05, 3.63) is 59.2 Å². The van der Waals surface area contributed by atoms with E-state index in [1.54, 1.807) is 0 Å². The fourth-order valence-electron chi connectivity index (χ4n) is 5.88. The molecule has 0 fully saturated rings. The molecule has 0 bridgehead atoms. The molecule has 2 unspecified atom stereocenters. The summed E-state index contributed by atoms with van der Waals surface area (Å²) >= 11 is 0. The minimum Gasteiger partial charge on any atom is -0.318 e. The summed E-state index contributed by atoms with van der Waals surface area (Å²) in [5.41, 5.74) is 5.90. The molecular formula is C31H41NO3. The van der Waals surface area contributed by atoms with Gasteiger partial charge in [0, 0.05) is 17.9 Å². The van der Waals surface area contributed by atoms with Gasteiger partial charge in [0.1, 0.15) is 5.71 Å². The van der Waals surface area contributed by atoms with Crippen LogP contribution in [0.2, 0.25) is 0 Å². The molecule has 2 aromatic rings. The standard InChI is InChI=1S/C31H41NO3/c1-7-10-11-12-17-29(32-35-23(6)33)30(34)24-18-19-26-25-15-13-14-16-27(25)31(21(4)8-2,22(5)9-3)28(26)20-24/h13-16,18-22H,7-12,17H2,1-6H3/b32-29+. The Morgan fingerprint density at radius 3 is 2.17 bits per heavy atom. The zero-order valence-electron chi connectivity index (χ0n) is 22.3. The van der Waals surface area contributed by atoms with E-state index in [1.165, 1.54) is 29.2 Å². The van der Waals surface area contributed by atoms with Crippen molar-refractivity contribution >= 4 is 17.5 Å². The molecule has 0 amide bonds. The first-order valence-corrected chi connectivity index (χ1v) is 13.4. The zero-order chi connectivity index (χ0) is 25.6. The summed E-state index contributed by atoms with van der Waals surface area (Å²) in [7, 11) is 0. The van der Waals surface area contributed by atoms with Crippen molar-refractivity contribution in [2.24, 2.45) is 17.0 Å². The van der Waals surface area contributed by atoms with Gasteiger partial charge in [-0.25, -0.2) is 4.79 Å². The molecule has 0 heterocycles. The predicted molar refractivity (Wildman–Crippen MR) is 144 cm³/mol. The highest BCUT2D eigenvalue weighted by atomic mass is 16.7. The van der Waals surface area contributed by atoms with Crippen molar-refractivity contribution in [2.75, 3.05) is 0 Å². The number of carbonyl (C=O) groups is 2. The Morgan fingerprint density at radius 2 is 1.54 bits per heavy atom. The Morgan fingerprint density at radius 1 is 0.886 bits per heavy atom. The van der Waals surface area contributed by atoms with E-state index in [2.05, 4.69) is 76.2 Å². The minimum absolute atomic E-state index is 0.149. The summed E-state index contributed by atoms with van der Waals surface area (Å²) < 4.78 is 0. The SMILES string of the molecule is CCCCCC/C(=N\OC(C)=O)C(=O)c1ccc2c(c1)C(C(C)CC)(C(C)CC)c1ccccc1-2. The lowest BCUT2D eigenvalue weighted by molar-refractivity contribution is -0.140. The molecule has 2 aromatic carbocycles. The molecule has 1 aliphatic rings. The van der Waals surface area contributed by atoms with E-state index < -0.39 is 5.97 Å². The van der Waals surface area contributed by atoms with E-state index in [4.69, 9.17) is 4.84 Å². The van der Waals surface area contributed by atoms with Crippen molar-refractivity contribution in [2.45, 2.75) is 91.9 Å². The van der Waals surface area contributed by atoms with Crippen molar-refractivity contribution in [3.8, 4) is 11.1 Å². The smallest absolute Gasteiger partial charge is 0.318 e. The van der Waals surface area contributed by atoms with Crippen LogP contribution in [0.3, 0.4) is 0 Å². The van der Waals surface area contributed by atoms with Crippen LogP contribution in [0.15, 0.2) is 47.6 Å². The summed E-state index contributed by atoms with van der Waals surface area (Å²) in [5.74, 6) is 0.159. The lowest BCUT2D eigenvalue weighted by Crippen LogP contribution is -2.39. The lowest BCUT2D eigenvalue weighted by atomic mass is 9.60. The largest absolute Gasteiger partial charge is 0.331 e. The molecule has 0 spiro atoms. The minimum atomic E-state index is -0.513. The van der Waals surface area contributed by atoms with Gasteiger partial charge in [-0.1, -0.05) is 108 Å². The molecule has 3 rings (SSSR count). The Balaban J connectivity index is 2.11. The predicted octanol–water partition coefficient (Wildman–Crippen LogP) is 8.12. The van der Waals surface area contributed by atoms with Gasteiger partial charge in [-0.2, -0.15) is 0 Å². The average Bonchev–Trinajstić information content (AvgIpc) is 3.17. The molecule has 0 aromatic heterocycles. The number of nitrogens with zero attached hydrogens (tertiary/aromatic N) is 1. The zero-order valence-corrected chi connectivity index (χ0v) is 22.3. The monoisotopic (exact) mass is 475 g/mol. The van der Waals surface area contributed by atoms with E-state index in [1.807, 2.05) is 6.07 Å². The maximum atomic E-state index is 13.7. The Hall–Kier alpha value is -2.75. The number of ketones is 1. The third kappa shape index (κ3) is 5.12. The summed E-state index contributed by atoms with van der Waals surface area (Å²) in [6, 6.07) is 14.8. The van der Waals surface area contributed by atoms with Crippen LogP contribution in [-0.2, 0) is 15.0 Å². The van der Waals surface area contributed by atoms with E-state index in [0.29, 0.717) is 29.5 Å². The molecule has 188 valence electrons. The van der Waals surface area contributed by atoms with Gasteiger partial charge in [-0.15, -0.1) is 0 Å². The van der Waals surface area contributed by atoms with E-state index in [0.717, 1.165) is 38.5 Å². The maximum Gasteiger partial charge on any atom is 0.331 e. The van der Waals surface area contributed by atoms with Crippen molar-refractivity contribution in [1.29, 1.82) is 0 Å². The molecule has 0 aliphatic heterocycles. The quantitative estimate of drug-likeness (QED) is 0.102. The molecule has 0 radical (unpaired) electrons. The topological polar surface area (TPSA) is 55.7 Å². The summed E-state index contributed by atoms with van der Waals surface area (Å²) in [6.45, 7) is 12.7. The van der Waals surface area contributed by atoms with Crippen LogP contribution in [0.4, 0.5) is 0 Å². The lowest BCUT2D eigenvalue weighted by Gasteiger charge is -2.43. The van der Waals surface area contributed by atoms with Crippen LogP contribution in [0.1, 0.15) is 108 Å². The number of benzene rings is 2. The van der Waals surface area contributed by atoms with Crippen LogP contribution in [0.25, 0.3) is 11.1 Å². The van der Waals surface area contributed by atoms with Crippen LogP contribution in [0.5, 0.6) is 0 Å². The summed E-state index contributed by atoms with van der Waals surface area (Å²) in [4.78, 5) is 30.0. The number of hydrogen-bond acceptors (Lipinski definition) is 4. The van der Waals surface area contributed by atoms with Gasteiger partial charge in [0.05, 0.1) is 0 Å². The number of Topliss-reactive ketones (excluding diaryl/α,β-unsaturated/α-hetero) is 1. The number of carbonyl (C=O) groups excluding carboxylic acids is 2. The third-order valence-corrected chi connectivity index (χ3v) is 7.98. The van der Waals surface area contributed by atoms with E-state index in [-0.39, 0.29) is 11.2 Å². The molecule has 4 heteroatoms. The van der Waals surface area contributed by atoms with Gasteiger partial charge >= 0.3 is 5.97 Å². The van der Waals surface area contributed by atoms with E-state index >= 15 is 0 Å². The van der Waals surface area contributed by atoms with Gasteiger partial charge in [0.15, 0.2) is 0 Å². The van der Waals surface area contributed by atoms with Gasteiger partial charge in [-0.3, -0.25) is 4.79 Å². The van der Waals surface area contributed by atoms with Gasteiger partial charge in [0.2, 0.25) is 5.78 Å². The Bertz CT molecular complexity index is 1070. The van der Waals surface area contributed by atoms with Gasteiger partial charge in [-0.05, 0) is 53.0 Å². The van der Waals surface area contributed by atoms with Crippen molar-refractivity contribution < 1.29 is 14.4 Å². The number of rotatable bonds is 12. The summed E-state index contributed by atoms with van der Waals surface area (Å²) in [6.07, 6.45) is 6.69. The first kappa shape index (κ1) is 26.8. The maximum absolute atomic E-state index is 13.7. The summed E-state index contributed by atoms with van der Waals surface area (Å²) in [5, 5.41) is 3.99. The van der Waals surface area contributed by atoms with Crippen LogP contribution >= 0.6 is 0 Å². The second kappa shape index (κ2) is 11.8. The Labute approximate surface area is 211 Å². The molecular weight excluding hydrogens is 434 g/mol. The number of oxime groups is 1. The van der Waals surface area contributed by atoms with E-state index in [9.17, 15) is 9.59 Å². The molecule has 4 nitrogen and oxygen atoms in total. The van der Waals surface area contributed by atoms with Crippen molar-refractivity contribution in [1.82, 2.24) is 0 Å². The second-order valence-electron chi connectivity index (χ2n) is 10.1. The highest BCUT2D eigenvalue weighted by Crippen LogP contribution is 2.58. The highest BCUT2D eigenvalue weighted by molar-refractivity contribution is 6.46. The molecule has 0 saturated carbocycles.